The van der Waals surface area contributed by atoms with Gasteiger partial charge in [-0.3, -0.25) is 0 Å². The summed E-state index contributed by atoms with van der Waals surface area (Å²) in [6.45, 7) is 5.63. The molecule has 0 amide bonds. The van der Waals surface area contributed by atoms with Crippen molar-refractivity contribution in [3.8, 4) is 0 Å². The number of hydrogen-bond acceptors (Lipinski definition) is 2. The largest absolute Gasteiger partial charge is 0.353 e. The average Bonchev–Trinajstić information content (AvgIpc) is 2.95. The van der Waals surface area contributed by atoms with Crippen molar-refractivity contribution < 1.29 is 0 Å². The lowest BCUT2D eigenvalue weighted by Crippen LogP contribution is -2.13. The molecular formula is C12H21N3. The SMILES string of the molecule is CCC(CC)Cn1ccnc1NC1CC1. The highest BCUT2D eigenvalue weighted by Crippen LogP contribution is 2.24. The number of aromatic nitrogens is 2. The monoisotopic (exact) mass is 207 g/mol. The molecule has 0 aromatic carbocycles. The van der Waals surface area contributed by atoms with E-state index in [2.05, 4.69) is 34.9 Å². The third-order valence-corrected chi connectivity index (χ3v) is 3.24. The summed E-state index contributed by atoms with van der Waals surface area (Å²) in [5.74, 6) is 1.84. The van der Waals surface area contributed by atoms with Crippen LogP contribution in [0.25, 0.3) is 0 Å². The van der Waals surface area contributed by atoms with Gasteiger partial charge in [0.1, 0.15) is 0 Å². The molecule has 1 aliphatic rings. The van der Waals surface area contributed by atoms with Gasteiger partial charge in [-0.15, -0.1) is 0 Å². The fourth-order valence-corrected chi connectivity index (χ4v) is 1.83. The van der Waals surface area contributed by atoms with Crippen LogP contribution in [0.4, 0.5) is 5.95 Å². The lowest BCUT2D eigenvalue weighted by molar-refractivity contribution is 0.420. The van der Waals surface area contributed by atoms with E-state index in [0.717, 1.165) is 18.4 Å². The first-order chi connectivity index (χ1) is 7.33. The molecule has 1 fully saturated rings. The van der Waals surface area contributed by atoms with Gasteiger partial charge in [0.2, 0.25) is 5.95 Å². The summed E-state index contributed by atoms with van der Waals surface area (Å²) in [5.41, 5.74) is 0. The molecule has 0 aliphatic heterocycles. The Morgan fingerprint density at radius 2 is 2.20 bits per heavy atom. The quantitative estimate of drug-likeness (QED) is 0.777. The molecular weight excluding hydrogens is 186 g/mol. The van der Waals surface area contributed by atoms with Crippen LogP contribution in [0, 0.1) is 5.92 Å². The van der Waals surface area contributed by atoms with E-state index in [1.54, 1.807) is 0 Å². The number of nitrogens with zero attached hydrogens (tertiary/aromatic N) is 2. The summed E-state index contributed by atoms with van der Waals surface area (Å²) in [5, 5.41) is 3.47. The molecule has 3 heteroatoms. The average molecular weight is 207 g/mol. The third kappa shape index (κ3) is 2.74. The lowest BCUT2D eigenvalue weighted by atomic mass is 10.0. The van der Waals surface area contributed by atoms with Crippen LogP contribution in [0.2, 0.25) is 0 Å². The molecule has 0 radical (unpaired) electrons. The van der Waals surface area contributed by atoms with Crippen LogP contribution in [0.15, 0.2) is 12.4 Å². The first-order valence-corrected chi connectivity index (χ1v) is 6.11. The highest BCUT2D eigenvalue weighted by Gasteiger charge is 2.22. The van der Waals surface area contributed by atoms with Gasteiger partial charge in [0.05, 0.1) is 0 Å². The normalized spacial score (nSPS) is 15.9. The molecule has 0 spiro atoms. The van der Waals surface area contributed by atoms with Crippen LogP contribution >= 0.6 is 0 Å². The van der Waals surface area contributed by atoms with Gasteiger partial charge in [0.15, 0.2) is 0 Å². The minimum Gasteiger partial charge on any atom is -0.353 e. The summed E-state index contributed by atoms with van der Waals surface area (Å²) in [4.78, 5) is 4.37. The van der Waals surface area contributed by atoms with Gasteiger partial charge in [-0.25, -0.2) is 4.98 Å². The fourth-order valence-electron chi connectivity index (χ4n) is 1.83. The fraction of sp³-hybridized carbons (Fsp3) is 0.750. The number of anilines is 1. The van der Waals surface area contributed by atoms with E-state index in [4.69, 9.17) is 0 Å². The Bertz CT molecular complexity index is 298. The highest BCUT2D eigenvalue weighted by atomic mass is 15.2. The van der Waals surface area contributed by atoms with E-state index < -0.39 is 0 Å². The molecule has 1 saturated carbocycles. The van der Waals surface area contributed by atoms with Gasteiger partial charge in [-0.1, -0.05) is 26.7 Å². The minimum absolute atomic E-state index is 0.688. The topological polar surface area (TPSA) is 29.9 Å². The summed E-state index contributed by atoms with van der Waals surface area (Å²) < 4.78 is 2.26. The molecule has 1 aromatic heterocycles. The predicted molar refractivity (Wildman–Crippen MR) is 62.9 cm³/mol. The number of imidazole rings is 1. The molecule has 84 valence electrons. The van der Waals surface area contributed by atoms with E-state index in [1.807, 2.05) is 6.20 Å². The molecule has 0 atom stereocenters. The summed E-state index contributed by atoms with van der Waals surface area (Å²) in [7, 11) is 0. The van der Waals surface area contributed by atoms with Crippen molar-refractivity contribution in [2.45, 2.75) is 52.1 Å². The van der Waals surface area contributed by atoms with E-state index >= 15 is 0 Å². The van der Waals surface area contributed by atoms with Crippen LogP contribution in [0.1, 0.15) is 39.5 Å². The first kappa shape index (κ1) is 10.5. The molecule has 0 bridgehead atoms. The predicted octanol–water partition coefficient (Wildman–Crippen LogP) is 2.89. The Morgan fingerprint density at radius 3 is 2.80 bits per heavy atom. The zero-order valence-corrected chi connectivity index (χ0v) is 9.74. The zero-order chi connectivity index (χ0) is 10.7. The minimum atomic E-state index is 0.688. The second-order valence-corrected chi connectivity index (χ2v) is 4.50. The van der Waals surface area contributed by atoms with Gasteiger partial charge in [0.25, 0.3) is 0 Å². The van der Waals surface area contributed by atoms with Crippen molar-refractivity contribution in [2.75, 3.05) is 5.32 Å². The Kier molecular flexibility index (Phi) is 3.29. The first-order valence-electron chi connectivity index (χ1n) is 6.11. The van der Waals surface area contributed by atoms with Crippen molar-refractivity contribution in [2.24, 2.45) is 5.92 Å². The van der Waals surface area contributed by atoms with Gasteiger partial charge < -0.3 is 9.88 Å². The van der Waals surface area contributed by atoms with Crippen LogP contribution in [-0.4, -0.2) is 15.6 Å². The van der Waals surface area contributed by atoms with E-state index in [0.29, 0.717) is 6.04 Å². The Morgan fingerprint density at radius 1 is 1.47 bits per heavy atom. The smallest absolute Gasteiger partial charge is 0.202 e. The van der Waals surface area contributed by atoms with Crippen molar-refractivity contribution in [1.82, 2.24) is 9.55 Å². The molecule has 2 rings (SSSR count). The molecule has 0 unspecified atom stereocenters. The standard InChI is InChI=1S/C12H21N3/c1-3-10(4-2)9-15-8-7-13-12(15)14-11-5-6-11/h7-8,10-11H,3-6,9H2,1-2H3,(H,13,14). The second-order valence-electron chi connectivity index (χ2n) is 4.50. The Hall–Kier alpha value is -0.990. The molecule has 15 heavy (non-hydrogen) atoms. The maximum Gasteiger partial charge on any atom is 0.202 e. The van der Waals surface area contributed by atoms with E-state index in [9.17, 15) is 0 Å². The number of hydrogen-bond donors (Lipinski definition) is 1. The van der Waals surface area contributed by atoms with Crippen LogP contribution < -0.4 is 5.32 Å². The van der Waals surface area contributed by atoms with Gasteiger partial charge in [0, 0.05) is 25.0 Å². The lowest BCUT2D eigenvalue weighted by Gasteiger charge is -2.15. The van der Waals surface area contributed by atoms with E-state index in [1.165, 1.54) is 25.7 Å². The van der Waals surface area contributed by atoms with Gasteiger partial charge in [-0.05, 0) is 18.8 Å². The number of nitrogens with one attached hydrogen (secondary N) is 1. The van der Waals surface area contributed by atoms with Gasteiger partial charge >= 0.3 is 0 Å². The van der Waals surface area contributed by atoms with Crippen LogP contribution in [0.3, 0.4) is 0 Å². The van der Waals surface area contributed by atoms with Gasteiger partial charge in [-0.2, -0.15) is 0 Å². The van der Waals surface area contributed by atoms with Crippen molar-refractivity contribution in [3.63, 3.8) is 0 Å². The van der Waals surface area contributed by atoms with Crippen molar-refractivity contribution >= 4 is 5.95 Å². The van der Waals surface area contributed by atoms with Crippen molar-refractivity contribution in [1.29, 1.82) is 0 Å². The maximum atomic E-state index is 4.37. The molecule has 1 N–H and O–H groups in total. The molecule has 1 heterocycles. The number of rotatable bonds is 6. The Balaban J connectivity index is 1.96. The molecule has 1 aliphatic carbocycles. The molecule has 1 aromatic rings. The zero-order valence-electron chi connectivity index (χ0n) is 9.74. The molecule has 0 saturated heterocycles. The third-order valence-electron chi connectivity index (χ3n) is 3.24. The summed E-state index contributed by atoms with van der Waals surface area (Å²) in [6, 6.07) is 0.688. The maximum absolute atomic E-state index is 4.37. The summed E-state index contributed by atoms with van der Waals surface area (Å²) >= 11 is 0. The second kappa shape index (κ2) is 4.69. The molecule has 3 nitrogen and oxygen atoms in total. The van der Waals surface area contributed by atoms with E-state index in [-0.39, 0.29) is 0 Å². The Labute approximate surface area is 91.9 Å². The van der Waals surface area contributed by atoms with Crippen LogP contribution in [0.5, 0.6) is 0 Å². The van der Waals surface area contributed by atoms with Crippen molar-refractivity contribution in [3.05, 3.63) is 12.4 Å². The summed E-state index contributed by atoms with van der Waals surface area (Å²) in [6.07, 6.45) is 9.08. The van der Waals surface area contributed by atoms with Crippen LogP contribution in [-0.2, 0) is 6.54 Å². The highest BCUT2D eigenvalue weighted by molar-refractivity contribution is 5.29.